The van der Waals surface area contributed by atoms with Gasteiger partial charge in [0.15, 0.2) is 0 Å². The van der Waals surface area contributed by atoms with Gasteiger partial charge < -0.3 is 9.64 Å². The average Bonchev–Trinajstić information content (AvgIpc) is 3.25. The molecule has 4 heterocycles. The molecule has 198 valence electrons. The maximum atomic E-state index is 13.0. The van der Waals surface area contributed by atoms with Gasteiger partial charge in [-0.15, -0.1) is 0 Å². The van der Waals surface area contributed by atoms with Gasteiger partial charge in [-0.05, 0) is 79.6 Å². The van der Waals surface area contributed by atoms with Crippen molar-refractivity contribution in [1.29, 1.82) is 0 Å². The van der Waals surface area contributed by atoms with Crippen LogP contribution in [0.5, 0.6) is 0 Å². The molecule has 4 aliphatic heterocycles. The zero-order chi connectivity index (χ0) is 26.2. The Morgan fingerprint density at radius 3 is 2.58 bits per heavy atom. The van der Waals surface area contributed by atoms with E-state index in [0.29, 0.717) is 37.6 Å². The number of likely N-dealkylation sites (tertiary alicyclic amines) is 1. The first-order valence-corrected chi connectivity index (χ1v) is 13.5. The molecule has 0 aromatic heterocycles. The minimum atomic E-state index is -0.585. The average molecular weight is 517 g/mol. The summed E-state index contributed by atoms with van der Waals surface area (Å²) in [6.07, 6.45) is 3.26. The molecule has 4 aliphatic rings. The number of ether oxygens (including phenoxy) is 1. The maximum absolute atomic E-state index is 13.0. The number of fused-ring (bicyclic) bond motifs is 1. The fourth-order valence-corrected chi connectivity index (χ4v) is 6.14. The normalized spacial score (nSPS) is 22.9. The summed E-state index contributed by atoms with van der Waals surface area (Å²) in [6.45, 7) is 4.36. The highest BCUT2D eigenvalue weighted by atomic mass is 16.6. The van der Waals surface area contributed by atoms with Crippen LogP contribution in [0.2, 0.25) is 0 Å². The Hall–Kier alpha value is -3.72. The molecule has 3 saturated heterocycles. The van der Waals surface area contributed by atoms with Crippen LogP contribution in [0.4, 0.5) is 10.5 Å². The molecule has 9 nitrogen and oxygen atoms in total. The van der Waals surface area contributed by atoms with E-state index in [0.717, 1.165) is 50.1 Å². The summed E-state index contributed by atoms with van der Waals surface area (Å²) in [4.78, 5) is 54.7. The number of benzene rings is 2. The number of cyclic esters (lactones) is 1. The number of nitrogens with zero attached hydrogens (tertiary/aromatic N) is 3. The van der Waals surface area contributed by atoms with E-state index in [1.165, 1.54) is 11.1 Å². The van der Waals surface area contributed by atoms with Crippen LogP contribution in [0.3, 0.4) is 0 Å². The Bertz CT molecular complexity index is 1290. The van der Waals surface area contributed by atoms with Crippen molar-refractivity contribution in [2.45, 2.75) is 57.2 Å². The summed E-state index contributed by atoms with van der Waals surface area (Å²) in [7, 11) is 0. The molecule has 0 spiro atoms. The Kier molecular flexibility index (Phi) is 6.61. The molecule has 1 atom stereocenters. The number of anilines is 1. The molecule has 3 fully saturated rings. The highest BCUT2D eigenvalue weighted by Gasteiger charge is 2.39. The van der Waals surface area contributed by atoms with Gasteiger partial charge >= 0.3 is 6.09 Å². The van der Waals surface area contributed by atoms with Crippen LogP contribution >= 0.6 is 0 Å². The fraction of sp³-hybridized carbons (Fsp3) is 0.448. The lowest BCUT2D eigenvalue weighted by molar-refractivity contribution is -0.136. The Labute approximate surface area is 221 Å². The van der Waals surface area contributed by atoms with Crippen molar-refractivity contribution < 1.29 is 23.9 Å². The van der Waals surface area contributed by atoms with Crippen LogP contribution in [-0.2, 0) is 27.4 Å². The number of hydrogen-bond acceptors (Lipinski definition) is 6. The van der Waals surface area contributed by atoms with E-state index in [1.54, 1.807) is 9.80 Å². The smallest absolute Gasteiger partial charge is 0.414 e. The van der Waals surface area contributed by atoms with Crippen LogP contribution in [0.15, 0.2) is 42.5 Å². The van der Waals surface area contributed by atoms with Crippen LogP contribution in [0.1, 0.15) is 65.1 Å². The van der Waals surface area contributed by atoms with E-state index in [2.05, 4.69) is 34.5 Å². The fourth-order valence-electron chi connectivity index (χ4n) is 6.14. The number of carbonyl (C=O) groups is 4. The molecular formula is C29H32N4O5. The summed E-state index contributed by atoms with van der Waals surface area (Å²) < 4.78 is 5.19. The second-order valence-electron chi connectivity index (χ2n) is 10.7. The first-order valence-electron chi connectivity index (χ1n) is 13.5. The lowest BCUT2D eigenvalue weighted by atomic mass is 9.87. The standard InChI is InChI=1S/C29H32N4O5/c34-26-8-7-25(27(35)30-26)33-18-22-16-21(5-6-24(22)28(33)36)20-9-12-31(13-10-20)17-19-3-1-4-23(15-19)32-11-2-14-38-29(32)37/h1,3-6,15-16,20,25H,2,7-14,17-18H2,(H,30,34,35). The summed E-state index contributed by atoms with van der Waals surface area (Å²) in [5.41, 5.74) is 4.94. The summed E-state index contributed by atoms with van der Waals surface area (Å²) >= 11 is 0. The van der Waals surface area contributed by atoms with Crippen LogP contribution in [-0.4, -0.2) is 65.9 Å². The number of imide groups is 1. The van der Waals surface area contributed by atoms with Crippen molar-refractivity contribution >= 4 is 29.5 Å². The second kappa shape index (κ2) is 10.2. The van der Waals surface area contributed by atoms with E-state index in [9.17, 15) is 19.2 Å². The van der Waals surface area contributed by atoms with Gasteiger partial charge in [0.1, 0.15) is 6.04 Å². The molecule has 0 saturated carbocycles. The zero-order valence-electron chi connectivity index (χ0n) is 21.4. The van der Waals surface area contributed by atoms with Crippen molar-refractivity contribution in [3.63, 3.8) is 0 Å². The van der Waals surface area contributed by atoms with Gasteiger partial charge in [-0.25, -0.2) is 4.79 Å². The predicted molar refractivity (Wildman–Crippen MR) is 139 cm³/mol. The molecule has 0 radical (unpaired) electrons. The predicted octanol–water partition coefficient (Wildman–Crippen LogP) is 3.17. The SMILES string of the molecule is O=C1CCC(N2Cc3cc(C4CCN(Cc5cccc(N6CCCOC6=O)c5)CC4)ccc3C2=O)C(=O)N1. The molecule has 4 amide bonds. The van der Waals surface area contributed by atoms with Gasteiger partial charge in [0.2, 0.25) is 11.8 Å². The molecule has 6 rings (SSSR count). The lowest BCUT2D eigenvalue weighted by Crippen LogP contribution is -2.52. The third kappa shape index (κ3) is 4.78. The first-order chi connectivity index (χ1) is 18.5. The molecule has 2 aromatic carbocycles. The van der Waals surface area contributed by atoms with E-state index in [1.807, 2.05) is 18.2 Å². The van der Waals surface area contributed by atoms with E-state index in [4.69, 9.17) is 4.74 Å². The van der Waals surface area contributed by atoms with E-state index >= 15 is 0 Å². The van der Waals surface area contributed by atoms with Crippen LogP contribution in [0, 0.1) is 0 Å². The van der Waals surface area contributed by atoms with Crippen LogP contribution in [0.25, 0.3) is 0 Å². The highest BCUT2D eigenvalue weighted by Crippen LogP contribution is 2.34. The van der Waals surface area contributed by atoms with Gasteiger partial charge in [-0.3, -0.25) is 29.5 Å². The minimum absolute atomic E-state index is 0.129. The van der Waals surface area contributed by atoms with Gasteiger partial charge in [-0.2, -0.15) is 0 Å². The monoisotopic (exact) mass is 516 g/mol. The molecule has 0 bridgehead atoms. The molecular weight excluding hydrogens is 484 g/mol. The minimum Gasteiger partial charge on any atom is -0.449 e. The molecule has 38 heavy (non-hydrogen) atoms. The molecule has 1 unspecified atom stereocenters. The molecule has 1 N–H and O–H groups in total. The van der Waals surface area contributed by atoms with Gasteiger partial charge in [0.05, 0.1) is 6.61 Å². The van der Waals surface area contributed by atoms with Crippen molar-refractivity contribution in [2.75, 3.05) is 31.1 Å². The Morgan fingerprint density at radius 1 is 0.947 bits per heavy atom. The third-order valence-corrected chi connectivity index (χ3v) is 8.21. The first kappa shape index (κ1) is 24.6. The summed E-state index contributed by atoms with van der Waals surface area (Å²) in [5.74, 6) is -0.360. The topological polar surface area (TPSA) is 99.3 Å². The van der Waals surface area contributed by atoms with E-state index < -0.39 is 6.04 Å². The number of hydrogen-bond donors (Lipinski definition) is 1. The molecule has 2 aromatic rings. The van der Waals surface area contributed by atoms with Crippen molar-refractivity contribution in [3.05, 3.63) is 64.7 Å². The quantitative estimate of drug-likeness (QED) is 0.613. The molecule has 0 aliphatic carbocycles. The number of carbonyl (C=O) groups excluding carboxylic acids is 4. The van der Waals surface area contributed by atoms with Gasteiger partial charge in [0, 0.05) is 37.3 Å². The Morgan fingerprint density at radius 2 is 1.79 bits per heavy atom. The molecule has 9 heteroatoms. The van der Waals surface area contributed by atoms with Crippen molar-refractivity contribution in [3.8, 4) is 0 Å². The summed E-state index contributed by atoms with van der Waals surface area (Å²) in [6, 6.07) is 13.7. The second-order valence-corrected chi connectivity index (χ2v) is 10.7. The van der Waals surface area contributed by atoms with Gasteiger partial charge in [-0.1, -0.05) is 24.3 Å². The van der Waals surface area contributed by atoms with Crippen molar-refractivity contribution in [2.24, 2.45) is 0 Å². The van der Waals surface area contributed by atoms with E-state index in [-0.39, 0.29) is 30.2 Å². The Balaban J connectivity index is 1.07. The lowest BCUT2D eigenvalue weighted by Gasteiger charge is -2.33. The largest absolute Gasteiger partial charge is 0.449 e. The summed E-state index contributed by atoms with van der Waals surface area (Å²) in [5, 5.41) is 2.36. The zero-order valence-corrected chi connectivity index (χ0v) is 21.4. The number of amides is 4. The maximum Gasteiger partial charge on any atom is 0.414 e. The number of rotatable bonds is 5. The van der Waals surface area contributed by atoms with Crippen molar-refractivity contribution in [1.82, 2.24) is 15.1 Å². The van der Waals surface area contributed by atoms with Gasteiger partial charge in [0.25, 0.3) is 5.91 Å². The number of piperidine rings is 2. The van der Waals surface area contributed by atoms with Crippen LogP contribution < -0.4 is 10.2 Å². The third-order valence-electron chi connectivity index (χ3n) is 8.21. The highest BCUT2D eigenvalue weighted by molar-refractivity contribution is 6.05. The number of nitrogens with one attached hydrogen (secondary N) is 1.